The van der Waals surface area contributed by atoms with Crippen LogP contribution < -0.4 is 10.2 Å². The van der Waals surface area contributed by atoms with E-state index in [9.17, 15) is 9.59 Å². The number of aryl methyl sites for hydroxylation is 1. The SMILES string of the molecule is Cc1cccc(-c2cc(=O)c3cc(C(=O)O)ccc3o2)c1OC(C)C. The Morgan fingerprint density at radius 2 is 1.92 bits per heavy atom. The molecular formula is C20H18O5. The number of benzene rings is 2. The molecule has 0 fully saturated rings. The van der Waals surface area contributed by atoms with Gasteiger partial charge in [-0.3, -0.25) is 4.79 Å². The first-order valence-corrected chi connectivity index (χ1v) is 7.94. The van der Waals surface area contributed by atoms with Crippen molar-refractivity contribution in [1.29, 1.82) is 0 Å². The number of carboxylic acid groups (broad SMARTS) is 1. The van der Waals surface area contributed by atoms with Crippen molar-refractivity contribution in [1.82, 2.24) is 0 Å². The molecule has 0 aliphatic carbocycles. The number of ether oxygens (including phenoxy) is 1. The van der Waals surface area contributed by atoms with Crippen LogP contribution in [-0.4, -0.2) is 17.2 Å². The molecule has 25 heavy (non-hydrogen) atoms. The van der Waals surface area contributed by atoms with Gasteiger partial charge in [-0.2, -0.15) is 0 Å². The Bertz CT molecular complexity index is 1010. The van der Waals surface area contributed by atoms with Crippen molar-refractivity contribution in [3.8, 4) is 17.1 Å². The maximum Gasteiger partial charge on any atom is 0.335 e. The highest BCUT2D eigenvalue weighted by atomic mass is 16.5. The van der Waals surface area contributed by atoms with Gasteiger partial charge in [-0.1, -0.05) is 12.1 Å². The highest BCUT2D eigenvalue weighted by Crippen LogP contribution is 2.34. The van der Waals surface area contributed by atoms with Gasteiger partial charge in [0.15, 0.2) is 5.43 Å². The standard InChI is InChI=1S/C20H18O5/c1-11(2)24-19-12(3)5-4-6-14(19)18-10-16(21)15-9-13(20(22)23)7-8-17(15)25-18/h4-11H,1-3H3,(H,22,23). The lowest BCUT2D eigenvalue weighted by Crippen LogP contribution is -2.08. The van der Waals surface area contributed by atoms with Crippen molar-refractivity contribution in [2.24, 2.45) is 0 Å². The predicted octanol–water partition coefficient (Wildman–Crippen LogP) is 4.25. The van der Waals surface area contributed by atoms with E-state index in [0.29, 0.717) is 22.7 Å². The van der Waals surface area contributed by atoms with Gasteiger partial charge in [0.1, 0.15) is 17.1 Å². The van der Waals surface area contributed by atoms with E-state index in [4.69, 9.17) is 14.3 Å². The summed E-state index contributed by atoms with van der Waals surface area (Å²) in [6.45, 7) is 5.79. The predicted molar refractivity (Wildman–Crippen MR) is 95.4 cm³/mol. The average Bonchev–Trinajstić information content (AvgIpc) is 2.56. The van der Waals surface area contributed by atoms with E-state index in [0.717, 1.165) is 5.56 Å². The summed E-state index contributed by atoms with van der Waals surface area (Å²) >= 11 is 0. The van der Waals surface area contributed by atoms with Crippen LogP contribution in [-0.2, 0) is 0 Å². The van der Waals surface area contributed by atoms with Crippen LogP contribution in [0.3, 0.4) is 0 Å². The smallest absolute Gasteiger partial charge is 0.335 e. The summed E-state index contributed by atoms with van der Waals surface area (Å²) in [5, 5.41) is 9.31. The molecule has 0 spiro atoms. The summed E-state index contributed by atoms with van der Waals surface area (Å²) in [4.78, 5) is 23.6. The van der Waals surface area contributed by atoms with Crippen LogP contribution >= 0.6 is 0 Å². The molecule has 2 aromatic carbocycles. The van der Waals surface area contributed by atoms with Crippen LogP contribution in [0.2, 0.25) is 0 Å². The molecule has 1 N–H and O–H groups in total. The molecule has 0 radical (unpaired) electrons. The zero-order chi connectivity index (χ0) is 18.1. The Kier molecular flexibility index (Phi) is 4.31. The molecule has 5 heteroatoms. The molecular weight excluding hydrogens is 320 g/mol. The lowest BCUT2D eigenvalue weighted by molar-refractivity contribution is 0.0697. The van der Waals surface area contributed by atoms with Crippen molar-refractivity contribution < 1.29 is 19.1 Å². The molecule has 3 rings (SSSR count). The minimum Gasteiger partial charge on any atom is -0.490 e. The van der Waals surface area contributed by atoms with Gasteiger partial charge in [-0.05, 0) is 50.6 Å². The molecule has 0 unspecified atom stereocenters. The molecule has 0 amide bonds. The van der Waals surface area contributed by atoms with Gasteiger partial charge in [0, 0.05) is 6.07 Å². The Hall–Kier alpha value is -3.08. The number of aromatic carboxylic acids is 1. The Morgan fingerprint density at radius 1 is 1.16 bits per heavy atom. The van der Waals surface area contributed by atoms with Crippen molar-refractivity contribution in [2.75, 3.05) is 0 Å². The lowest BCUT2D eigenvalue weighted by atomic mass is 10.1. The second-order valence-electron chi connectivity index (χ2n) is 6.11. The van der Waals surface area contributed by atoms with Crippen molar-refractivity contribution in [2.45, 2.75) is 26.9 Å². The highest BCUT2D eigenvalue weighted by molar-refractivity contribution is 5.93. The van der Waals surface area contributed by atoms with Gasteiger partial charge in [0.05, 0.1) is 22.6 Å². The summed E-state index contributed by atoms with van der Waals surface area (Å²) < 4.78 is 11.8. The number of rotatable bonds is 4. The van der Waals surface area contributed by atoms with Gasteiger partial charge in [-0.15, -0.1) is 0 Å². The van der Waals surface area contributed by atoms with E-state index >= 15 is 0 Å². The minimum atomic E-state index is -1.09. The molecule has 0 atom stereocenters. The zero-order valence-corrected chi connectivity index (χ0v) is 14.2. The van der Waals surface area contributed by atoms with E-state index in [2.05, 4.69) is 0 Å². The van der Waals surface area contributed by atoms with Crippen molar-refractivity contribution in [3.63, 3.8) is 0 Å². The van der Waals surface area contributed by atoms with Crippen molar-refractivity contribution in [3.05, 3.63) is 63.8 Å². The van der Waals surface area contributed by atoms with Crippen LogP contribution in [0, 0.1) is 6.92 Å². The molecule has 1 aromatic heterocycles. The van der Waals surface area contributed by atoms with E-state index in [-0.39, 0.29) is 22.5 Å². The fourth-order valence-electron chi connectivity index (χ4n) is 2.66. The summed E-state index contributed by atoms with van der Waals surface area (Å²) in [7, 11) is 0. The molecule has 3 aromatic rings. The van der Waals surface area contributed by atoms with Crippen LogP contribution in [0.5, 0.6) is 5.75 Å². The first-order valence-electron chi connectivity index (χ1n) is 7.94. The van der Waals surface area contributed by atoms with E-state index in [1.165, 1.54) is 24.3 Å². The van der Waals surface area contributed by atoms with Gasteiger partial charge in [0.2, 0.25) is 0 Å². The summed E-state index contributed by atoms with van der Waals surface area (Å²) in [5.41, 5.74) is 1.72. The molecule has 0 aliphatic rings. The molecule has 0 saturated carbocycles. The maximum absolute atomic E-state index is 12.5. The maximum atomic E-state index is 12.5. The average molecular weight is 338 g/mol. The monoisotopic (exact) mass is 338 g/mol. The molecule has 5 nitrogen and oxygen atoms in total. The first-order chi connectivity index (χ1) is 11.9. The minimum absolute atomic E-state index is 0.0230. The van der Waals surface area contributed by atoms with Gasteiger partial charge in [0.25, 0.3) is 0 Å². The molecule has 0 saturated heterocycles. The second kappa shape index (κ2) is 6.43. The quantitative estimate of drug-likeness (QED) is 0.769. The Morgan fingerprint density at radius 3 is 2.60 bits per heavy atom. The van der Waals surface area contributed by atoms with Gasteiger partial charge in [-0.25, -0.2) is 4.79 Å². The third-order valence-corrected chi connectivity index (χ3v) is 3.80. The molecule has 128 valence electrons. The first kappa shape index (κ1) is 16.8. The summed E-state index contributed by atoms with van der Waals surface area (Å²) in [6, 6.07) is 11.3. The highest BCUT2D eigenvalue weighted by Gasteiger charge is 2.15. The fourth-order valence-corrected chi connectivity index (χ4v) is 2.66. The lowest BCUT2D eigenvalue weighted by Gasteiger charge is -2.16. The molecule has 0 bridgehead atoms. The zero-order valence-electron chi connectivity index (χ0n) is 14.2. The number of para-hydroxylation sites is 1. The normalized spacial score (nSPS) is 11.0. The number of carbonyl (C=O) groups is 1. The summed E-state index contributed by atoms with van der Waals surface area (Å²) in [6.07, 6.45) is -0.0230. The van der Waals surface area contributed by atoms with Crippen LogP contribution in [0.4, 0.5) is 0 Å². The number of fused-ring (bicyclic) bond motifs is 1. The Balaban J connectivity index is 2.21. The molecule has 0 aliphatic heterocycles. The van der Waals surface area contributed by atoms with Gasteiger partial charge >= 0.3 is 5.97 Å². The number of hydrogen-bond donors (Lipinski definition) is 1. The van der Waals surface area contributed by atoms with E-state index < -0.39 is 5.97 Å². The largest absolute Gasteiger partial charge is 0.490 e. The van der Waals surface area contributed by atoms with Crippen molar-refractivity contribution >= 4 is 16.9 Å². The number of carboxylic acids is 1. The fraction of sp³-hybridized carbons (Fsp3) is 0.200. The Labute approximate surface area is 144 Å². The van der Waals surface area contributed by atoms with E-state index in [1.807, 2.05) is 39.0 Å². The topological polar surface area (TPSA) is 76.7 Å². The van der Waals surface area contributed by atoms with E-state index in [1.54, 1.807) is 0 Å². The number of hydrogen-bond acceptors (Lipinski definition) is 4. The third-order valence-electron chi connectivity index (χ3n) is 3.80. The summed E-state index contributed by atoms with van der Waals surface area (Å²) in [5.74, 6) is -0.0289. The van der Waals surface area contributed by atoms with Crippen LogP contribution in [0.15, 0.2) is 51.7 Å². The molecule has 1 heterocycles. The third kappa shape index (κ3) is 3.26. The van der Waals surface area contributed by atoms with Gasteiger partial charge < -0.3 is 14.3 Å². The van der Waals surface area contributed by atoms with Crippen LogP contribution in [0.1, 0.15) is 29.8 Å². The van der Waals surface area contributed by atoms with Crippen LogP contribution in [0.25, 0.3) is 22.3 Å². The second-order valence-corrected chi connectivity index (χ2v) is 6.11.